The molecule has 0 unspecified atom stereocenters. The van der Waals surface area contributed by atoms with Gasteiger partial charge in [-0.05, 0) is 64.8 Å². The van der Waals surface area contributed by atoms with E-state index in [9.17, 15) is 13.2 Å². The van der Waals surface area contributed by atoms with Crippen LogP contribution in [0.3, 0.4) is 0 Å². The van der Waals surface area contributed by atoms with Gasteiger partial charge in [-0.25, -0.2) is 10.4 Å². The molecule has 9 nitrogen and oxygen atoms in total. The van der Waals surface area contributed by atoms with Crippen molar-refractivity contribution in [3.8, 4) is 11.5 Å². The van der Waals surface area contributed by atoms with Crippen LogP contribution in [-0.2, 0) is 14.9 Å². The first-order valence-electron chi connectivity index (χ1n) is 10.5. The van der Waals surface area contributed by atoms with Crippen molar-refractivity contribution < 1.29 is 22.1 Å². The van der Waals surface area contributed by atoms with Crippen molar-refractivity contribution >= 4 is 61.0 Å². The SMILES string of the molecule is COc1cc(/C=N\NC(=O)CSc2nc3ccccc3[nH]2)cc(Br)c1OS(=O)(=O)c1ccc(C)cc1. The first kappa shape index (κ1) is 25.7. The molecule has 0 radical (unpaired) electrons. The molecule has 1 aromatic heterocycles. The van der Waals surface area contributed by atoms with E-state index in [1.165, 1.54) is 37.2 Å². The van der Waals surface area contributed by atoms with Crippen molar-refractivity contribution in [2.24, 2.45) is 5.10 Å². The third-order valence-corrected chi connectivity index (χ3v) is 7.56. The maximum atomic E-state index is 12.7. The minimum atomic E-state index is -4.07. The molecule has 1 heterocycles. The van der Waals surface area contributed by atoms with Crippen LogP contribution in [0.25, 0.3) is 11.0 Å². The van der Waals surface area contributed by atoms with Gasteiger partial charge < -0.3 is 13.9 Å². The number of hydrogen-bond donors (Lipinski definition) is 2. The first-order valence-corrected chi connectivity index (χ1v) is 13.7. The Labute approximate surface area is 220 Å². The number of hydrazone groups is 1. The number of halogens is 1. The van der Waals surface area contributed by atoms with E-state index in [1.54, 1.807) is 24.3 Å². The third-order valence-electron chi connectivity index (χ3n) is 4.86. The number of fused-ring (bicyclic) bond motifs is 1. The van der Waals surface area contributed by atoms with Crippen molar-refractivity contribution in [3.63, 3.8) is 0 Å². The normalized spacial score (nSPS) is 11.6. The standard InChI is InChI=1S/C24H21BrN4O5S2/c1-15-7-9-17(10-8-15)36(31,32)34-23-18(25)11-16(12-21(23)33-2)13-26-29-22(30)14-35-24-27-19-5-3-4-6-20(19)28-24/h3-13H,14H2,1-2H3,(H,27,28)(H,29,30)/b26-13-. The van der Waals surface area contributed by atoms with E-state index >= 15 is 0 Å². The fraction of sp³-hybridized carbons (Fsp3) is 0.125. The molecule has 4 rings (SSSR count). The molecule has 0 saturated carbocycles. The van der Waals surface area contributed by atoms with Gasteiger partial charge in [-0.3, -0.25) is 4.79 Å². The van der Waals surface area contributed by atoms with Crippen LogP contribution >= 0.6 is 27.7 Å². The number of ether oxygens (including phenoxy) is 1. The highest BCUT2D eigenvalue weighted by Gasteiger charge is 2.22. The summed E-state index contributed by atoms with van der Waals surface area (Å²) in [4.78, 5) is 19.8. The van der Waals surface area contributed by atoms with Gasteiger partial charge in [-0.15, -0.1) is 0 Å². The maximum Gasteiger partial charge on any atom is 0.339 e. The minimum Gasteiger partial charge on any atom is -0.493 e. The van der Waals surface area contributed by atoms with Crippen molar-refractivity contribution in [1.29, 1.82) is 0 Å². The zero-order valence-electron chi connectivity index (χ0n) is 19.2. The number of thioether (sulfide) groups is 1. The number of imidazole rings is 1. The average Bonchev–Trinajstić information content (AvgIpc) is 3.27. The van der Waals surface area contributed by atoms with Crippen molar-refractivity contribution in [2.75, 3.05) is 12.9 Å². The Bertz CT molecular complexity index is 1500. The van der Waals surface area contributed by atoms with Gasteiger partial charge in [0.2, 0.25) is 0 Å². The first-order chi connectivity index (χ1) is 17.2. The number of nitrogens with zero attached hydrogens (tertiary/aromatic N) is 2. The molecule has 0 spiro atoms. The lowest BCUT2D eigenvalue weighted by Gasteiger charge is -2.13. The summed E-state index contributed by atoms with van der Waals surface area (Å²) in [6.45, 7) is 1.86. The average molecular weight is 589 g/mol. The number of aromatic amines is 1. The number of amides is 1. The van der Waals surface area contributed by atoms with Crippen LogP contribution in [0.15, 0.2) is 80.3 Å². The van der Waals surface area contributed by atoms with Gasteiger partial charge in [-0.1, -0.05) is 41.6 Å². The van der Waals surface area contributed by atoms with E-state index in [2.05, 4.69) is 36.4 Å². The predicted octanol–water partition coefficient (Wildman–Crippen LogP) is 4.65. The molecule has 0 fully saturated rings. The molecule has 0 aliphatic heterocycles. The molecule has 3 aromatic carbocycles. The smallest absolute Gasteiger partial charge is 0.339 e. The van der Waals surface area contributed by atoms with E-state index in [1.807, 2.05) is 31.2 Å². The second kappa shape index (κ2) is 11.1. The number of H-pyrrole nitrogens is 1. The molecule has 36 heavy (non-hydrogen) atoms. The Hall–Kier alpha value is -3.35. The lowest BCUT2D eigenvalue weighted by Crippen LogP contribution is -2.19. The Morgan fingerprint density at radius 3 is 2.67 bits per heavy atom. The number of methoxy groups -OCH3 is 1. The summed E-state index contributed by atoms with van der Waals surface area (Å²) in [5, 5.41) is 4.61. The van der Waals surface area contributed by atoms with Gasteiger partial charge in [-0.2, -0.15) is 13.5 Å². The van der Waals surface area contributed by atoms with Crippen LogP contribution in [0.4, 0.5) is 0 Å². The molecule has 0 aliphatic carbocycles. The highest BCUT2D eigenvalue weighted by Crippen LogP contribution is 2.38. The van der Waals surface area contributed by atoms with Crippen LogP contribution < -0.4 is 14.3 Å². The second-order valence-corrected chi connectivity index (χ2v) is 10.9. The fourth-order valence-corrected chi connectivity index (χ4v) is 5.38. The molecule has 2 N–H and O–H groups in total. The van der Waals surface area contributed by atoms with Crippen LogP contribution in [-0.4, -0.2) is 43.4 Å². The largest absolute Gasteiger partial charge is 0.493 e. The van der Waals surface area contributed by atoms with Crippen molar-refractivity contribution in [3.05, 3.63) is 76.3 Å². The predicted molar refractivity (Wildman–Crippen MR) is 142 cm³/mol. The van der Waals surface area contributed by atoms with Gasteiger partial charge in [0.15, 0.2) is 16.7 Å². The van der Waals surface area contributed by atoms with Crippen LogP contribution in [0.5, 0.6) is 11.5 Å². The number of carbonyl (C=O) groups excluding carboxylic acids is 1. The quantitative estimate of drug-likeness (QED) is 0.126. The van der Waals surface area contributed by atoms with Crippen molar-refractivity contribution in [1.82, 2.24) is 15.4 Å². The molecule has 4 aromatic rings. The van der Waals surface area contributed by atoms with Gasteiger partial charge in [0.1, 0.15) is 4.90 Å². The van der Waals surface area contributed by atoms with E-state index in [0.717, 1.165) is 16.6 Å². The Morgan fingerprint density at radius 2 is 1.94 bits per heavy atom. The molecule has 0 aliphatic rings. The number of rotatable bonds is 9. The number of benzene rings is 3. The van der Waals surface area contributed by atoms with Crippen LogP contribution in [0.2, 0.25) is 0 Å². The summed E-state index contributed by atoms with van der Waals surface area (Å²) in [6, 6.07) is 17.1. The number of nitrogens with one attached hydrogen (secondary N) is 2. The molecule has 1 amide bonds. The molecular weight excluding hydrogens is 568 g/mol. The topological polar surface area (TPSA) is 123 Å². The molecule has 0 bridgehead atoms. The third kappa shape index (κ3) is 6.25. The maximum absolute atomic E-state index is 12.7. The number of para-hydroxylation sites is 2. The van der Waals surface area contributed by atoms with Gasteiger partial charge in [0.05, 0.1) is 34.6 Å². The molecule has 0 atom stereocenters. The summed E-state index contributed by atoms with van der Waals surface area (Å²) in [7, 11) is -2.68. The summed E-state index contributed by atoms with van der Waals surface area (Å²) < 4.78 is 36.4. The molecular formula is C24H21BrN4O5S2. The van der Waals surface area contributed by atoms with Crippen molar-refractivity contribution in [2.45, 2.75) is 17.0 Å². The zero-order valence-corrected chi connectivity index (χ0v) is 22.4. The Balaban J connectivity index is 1.39. The van der Waals surface area contributed by atoms with Gasteiger partial charge in [0, 0.05) is 0 Å². The molecule has 12 heteroatoms. The van der Waals surface area contributed by atoms with Crippen LogP contribution in [0, 0.1) is 6.92 Å². The summed E-state index contributed by atoms with van der Waals surface area (Å²) in [5.74, 6) is -0.0185. The highest BCUT2D eigenvalue weighted by molar-refractivity contribution is 9.10. The van der Waals surface area contributed by atoms with E-state index in [4.69, 9.17) is 8.92 Å². The lowest BCUT2D eigenvalue weighted by atomic mass is 10.2. The number of aryl methyl sites for hydroxylation is 1. The van der Waals surface area contributed by atoms with Crippen LogP contribution in [0.1, 0.15) is 11.1 Å². The molecule has 0 saturated heterocycles. The monoisotopic (exact) mass is 588 g/mol. The number of aromatic nitrogens is 2. The number of hydrogen-bond acceptors (Lipinski definition) is 8. The number of carbonyl (C=O) groups is 1. The van der Waals surface area contributed by atoms with E-state index in [0.29, 0.717) is 15.2 Å². The fourth-order valence-electron chi connectivity index (χ4n) is 3.10. The Morgan fingerprint density at radius 1 is 1.19 bits per heavy atom. The summed E-state index contributed by atoms with van der Waals surface area (Å²) >= 11 is 4.59. The van der Waals surface area contributed by atoms with E-state index < -0.39 is 10.1 Å². The van der Waals surface area contributed by atoms with E-state index in [-0.39, 0.29) is 28.1 Å². The van der Waals surface area contributed by atoms with Gasteiger partial charge >= 0.3 is 10.1 Å². The second-order valence-electron chi connectivity index (χ2n) is 7.53. The Kier molecular flexibility index (Phi) is 7.97. The highest BCUT2D eigenvalue weighted by atomic mass is 79.9. The lowest BCUT2D eigenvalue weighted by molar-refractivity contribution is -0.118. The zero-order chi connectivity index (χ0) is 25.7. The van der Waals surface area contributed by atoms with Gasteiger partial charge in [0.25, 0.3) is 5.91 Å². The molecule has 186 valence electrons. The summed E-state index contributed by atoms with van der Waals surface area (Å²) in [6.07, 6.45) is 1.41. The summed E-state index contributed by atoms with van der Waals surface area (Å²) in [5.41, 5.74) is 5.66. The minimum absolute atomic E-state index is 0.00138.